The molecular weight excluding hydrogens is 232 g/mol. The summed E-state index contributed by atoms with van der Waals surface area (Å²) in [5.41, 5.74) is 1.50. The Labute approximate surface area is 118 Å². The van der Waals surface area contributed by atoms with Crippen molar-refractivity contribution in [3.05, 3.63) is 35.9 Å². The summed E-state index contributed by atoms with van der Waals surface area (Å²) >= 11 is 0. The summed E-state index contributed by atoms with van der Waals surface area (Å²) in [5.74, 6) is 0.883. The normalized spacial score (nSPS) is 19.5. The van der Waals surface area contributed by atoms with E-state index in [0.29, 0.717) is 6.04 Å². The van der Waals surface area contributed by atoms with Gasteiger partial charge >= 0.3 is 0 Å². The average Bonchev–Trinajstić information content (AvgIpc) is 2.47. The lowest BCUT2D eigenvalue weighted by Crippen LogP contribution is -2.43. The number of hydrogen-bond acceptors (Lipinski definition) is 2. The molecule has 0 saturated carbocycles. The van der Waals surface area contributed by atoms with Gasteiger partial charge in [0.25, 0.3) is 0 Å². The number of likely N-dealkylation sites (tertiary alicyclic amines) is 1. The molecule has 1 fully saturated rings. The van der Waals surface area contributed by atoms with Gasteiger partial charge in [0.1, 0.15) is 0 Å². The van der Waals surface area contributed by atoms with E-state index in [2.05, 4.69) is 54.5 Å². The Balaban J connectivity index is 1.73. The van der Waals surface area contributed by atoms with Crippen LogP contribution in [0.5, 0.6) is 0 Å². The second-order valence-electron chi connectivity index (χ2n) is 5.83. The lowest BCUT2D eigenvalue weighted by molar-refractivity contribution is 0.168. The summed E-state index contributed by atoms with van der Waals surface area (Å²) in [6, 6.07) is 11.6. The number of benzene rings is 1. The first-order valence-corrected chi connectivity index (χ1v) is 7.75. The molecule has 1 aromatic carbocycles. The molecule has 106 valence electrons. The SMILES string of the molecule is CCC(CN1CCC(Cc2ccccc2)CC1)NC. The maximum atomic E-state index is 3.41. The summed E-state index contributed by atoms with van der Waals surface area (Å²) in [5, 5.41) is 3.41. The number of piperidine rings is 1. The number of nitrogens with zero attached hydrogens (tertiary/aromatic N) is 1. The van der Waals surface area contributed by atoms with Crippen LogP contribution < -0.4 is 5.32 Å². The van der Waals surface area contributed by atoms with Gasteiger partial charge in [0.2, 0.25) is 0 Å². The number of nitrogens with one attached hydrogen (secondary N) is 1. The Hall–Kier alpha value is -0.860. The van der Waals surface area contributed by atoms with Crippen LogP contribution in [0.1, 0.15) is 31.7 Å². The Kier molecular flexibility index (Phi) is 5.87. The fourth-order valence-electron chi connectivity index (χ4n) is 3.06. The molecule has 2 nitrogen and oxygen atoms in total. The van der Waals surface area contributed by atoms with Crippen LogP contribution >= 0.6 is 0 Å². The van der Waals surface area contributed by atoms with E-state index in [9.17, 15) is 0 Å². The molecule has 1 N–H and O–H groups in total. The van der Waals surface area contributed by atoms with E-state index >= 15 is 0 Å². The summed E-state index contributed by atoms with van der Waals surface area (Å²) in [4.78, 5) is 2.63. The summed E-state index contributed by atoms with van der Waals surface area (Å²) in [6.07, 6.45) is 5.20. The maximum Gasteiger partial charge on any atom is 0.0189 e. The highest BCUT2D eigenvalue weighted by Crippen LogP contribution is 2.21. The van der Waals surface area contributed by atoms with Gasteiger partial charge in [0.05, 0.1) is 0 Å². The minimum Gasteiger partial charge on any atom is -0.316 e. The van der Waals surface area contributed by atoms with Crippen LogP contribution in [-0.4, -0.2) is 37.6 Å². The monoisotopic (exact) mass is 260 g/mol. The van der Waals surface area contributed by atoms with Crippen LogP contribution in [0, 0.1) is 5.92 Å². The van der Waals surface area contributed by atoms with Gasteiger partial charge in [-0.3, -0.25) is 0 Å². The molecule has 0 aliphatic carbocycles. The van der Waals surface area contributed by atoms with Crippen molar-refractivity contribution in [2.45, 2.75) is 38.6 Å². The number of hydrogen-bond donors (Lipinski definition) is 1. The van der Waals surface area contributed by atoms with E-state index in [0.717, 1.165) is 5.92 Å². The molecule has 1 atom stereocenters. The molecule has 1 heterocycles. The van der Waals surface area contributed by atoms with Crippen molar-refractivity contribution in [1.82, 2.24) is 10.2 Å². The third-order valence-electron chi connectivity index (χ3n) is 4.45. The highest BCUT2D eigenvalue weighted by Gasteiger charge is 2.20. The Morgan fingerprint density at radius 3 is 2.47 bits per heavy atom. The van der Waals surface area contributed by atoms with Gasteiger partial charge in [-0.1, -0.05) is 37.3 Å². The smallest absolute Gasteiger partial charge is 0.0189 e. The van der Waals surface area contributed by atoms with Crippen LogP contribution in [0.15, 0.2) is 30.3 Å². The highest BCUT2D eigenvalue weighted by molar-refractivity contribution is 5.15. The second-order valence-corrected chi connectivity index (χ2v) is 5.83. The second kappa shape index (κ2) is 7.66. The zero-order valence-corrected chi connectivity index (χ0v) is 12.4. The topological polar surface area (TPSA) is 15.3 Å². The molecule has 1 aromatic rings. The first-order valence-electron chi connectivity index (χ1n) is 7.75. The fraction of sp³-hybridized carbons (Fsp3) is 0.647. The summed E-state index contributed by atoms with van der Waals surface area (Å²) < 4.78 is 0. The van der Waals surface area contributed by atoms with Gasteiger partial charge in [-0.05, 0) is 57.3 Å². The first-order chi connectivity index (χ1) is 9.31. The predicted molar refractivity (Wildman–Crippen MR) is 82.4 cm³/mol. The van der Waals surface area contributed by atoms with Crippen molar-refractivity contribution in [3.63, 3.8) is 0 Å². The Morgan fingerprint density at radius 2 is 1.89 bits per heavy atom. The molecule has 1 aliphatic heterocycles. The zero-order valence-electron chi connectivity index (χ0n) is 12.4. The van der Waals surface area contributed by atoms with Crippen LogP contribution in [0.2, 0.25) is 0 Å². The van der Waals surface area contributed by atoms with Crippen LogP contribution in [0.25, 0.3) is 0 Å². The van der Waals surface area contributed by atoms with Gasteiger partial charge in [0.15, 0.2) is 0 Å². The molecule has 0 amide bonds. The minimum absolute atomic E-state index is 0.658. The van der Waals surface area contributed by atoms with Crippen molar-refractivity contribution in [2.24, 2.45) is 5.92 Å². The zero-order chi connectivity index (χ0) is 13.5. The fourth-order valence-corrected chi connectivity index (χ4v) is 3.06. The number of rotatable bonds is 6. The van der Waals surface area contributed by atoms with Gasteiger partial charge in [-0.25, -0.2) is 0 Å². The van der Waals surface area contributed by atoms with Crippen molar-refractivity contribution < 1.29 is 0 Å². The molecule has 2 rings (SSSR count). The molecule has 0 bridgehead atoms. The molecule has 1 saturated heterocycles. The summed E-state index contributed by atoms with van der Waals surface area (Å²) in [7, 11) is 2.08. The van der Waals surface area contributed by atoms with Crippen molar-refractivity contribution in [2.75, 3.05) is 26.7 Å². The van der Waals surface area contributed by atoms with Gasteiger partial charge in [-0.15, -0.1) is 0 Å². The molecule has 2 heteroatoms. The predicted octanol–water partition coefficient (Wildman–Crippen LogP) is 2.94. The lowest BCUT2D eigenvalue weighted by Gasteiger charge is -2.34. The van der Waals surface area contributed by atoms with Crippen LogP contribution in [0.3, 0.4) is 0 Å². The van der Waals surface area contributed by atoms with Crippen molar-refractivity contribution >= 4 is 0 Å². The third kappa shape index (κ3) is 4.63. The molecule has 19 heavy (non-hydrogen) atoms. The Morgan fingerprint density at radius 1 is 1.21 bits per heavy atom. The van der Waals surface area contributed by atoms with E-state index in [4.69, 9.17) is 0 Å². The van der Waals surface area contributed by atoms with Gasteiger partial charge in [0, 0.05) is 12.6 Å². The standard InChI is InChI=1S/C17H28N2/c1-3-17(18-2)14-19-11-9-16(10-12-19)13-15-7-5-4-6-8-15/h4-8,16-18H,3,9-14H2,1-2H3. The summed E-state index contributed by atoms with van der Waals surface area (Å²) in [6.45, 7) is 6.03. The molecular formula is C17H28N2. The number of likely N-dealkylation sites (N-methyl/N-ethyl adjacent to an activating group) is 1. The maximum absolute atomic E-state index is 3.41. The third-order valence-corrected chi connectivity index (χ3v) is 4.45. The average molecular weight is 260 g/mol. The van der Waals surface area contributed by atoms with E-state index in [-0.39, 0.29) is 0 Å². The molecule has 0 aromatic heterocycles. The van der Waals surface area contributed by atoms with Crippen LogP contribution in [0.4, 0.5) is 0 Å². The van der Waals surface area contributed by atoms with Gasteiger partial charge in [-0.2, -0.15) is 0 Å². The van der Waals surface area contributed by atoms with Crippen molar-refractivity contribution in [3.8, 4) is 0 Å². The molecule has 0 spiro atoms. The quantitative estimate of drug-likeness (QED) is 0.846. The largest absolute Gasteiger partial charge is 0.316 e. The van der Waals surface area contributed by atoms with Crippen LogP contribution in [-0.2, 0) is 6.42 Å². The molecule has 0 radical (unpaired) electrons. The first kappa shape index (κ1) is 14.5. The van der Waals surface area contributed by atoms with E-state index < -0.39 is 0 Å². The lowest BCUT2D eigenvalue weighted by atomic mass is 9.90. The molecule has 1 unspecified atom stereocenters. The minimum atomic E-state index is 0.658. The van der Waals surface area contributed by atoms with E-state index in [1.165, 1.54) is 50.9 Å². The van der Waals surface area contributed by atoms with E-state index in [1.54, 1.807) is 0 Å². The molecule has 1 aliphatic rings. The highest BCUT2D eigenvalue weighted by atomic mass is 15.1. The van der Waals surface area contributed by atoms with Gasteiger partial charge < -0.3 is 10.2 Å². The van der Waals surface area contributed by atoms with Crippen molar-refractivity contribution in [1.29, 1.82) is 0 Å². The Bertz CT molecular complexity index is 338. The van der Waals surface area contributed by atoms with E-state index in [1.807, 2.05) is 0 Å².